The number of nitrogens with zero attached hydrogens (tertiary/aromatic N) is 2. The summed E-state index contributed by atoms with van der Waals surface area (Å²) in [6, 6.07) is 4.24. The minimum atomic E-state index is 0.00926. The van der Waals surface area contributed by atoms with Crippen LogP contribution in [0.4, 0.5) is 0 Å². The Kier molecular flexibility index (Phi) is 1.40. The highest BCUT2D eigenvalue weighted by molar-refractivity contribution is 5.07. The van der Waals surface area contributed by atoms with E-state index in [-0.39, 0.29) is 11.8 Å². The third-order valence-electron chi connectivity index (χ3n) is 1.99. The lowest BCUT2D eigenvalue weighted by molar-refractivity contribution is 0.188. The first-order valence-electron chi connectivity index (χ1n) is 3.09. The molecule has 2 heteroatoms. The first kappa shape index (κ1) is 6.11. The molecular formula is C7H8N2. The van der Waals surface area contributed by atoms with Gasteiger partial charge in [0.25, 0.3) is 0 Å². The van der Waals surface area contributed by atoms with Gasteiger partial charge in [-0.2, -0.15) is 10.5 Å². The highest BCUT2D eigenvalue weighted by Gasteiger charge is 2.37. The van der Waals surface area contributed by atoms with E-state index in [0.29, 0.717) is 5.92 Å². The van der Waals surface area contributed by atoms with Crippen LogP contribution in [0.1, 0.15) is 13.3 Å². The molecule has 0 aromatic carbocycles. The van der Waals surface area contributed by atoms with Gasteiger partial charge in [-0.05, 0) is 12.3 Å². The Morgan fingerprint density at radius 1 is 1.33 bits per heavy atom. The molecule has 0 bridgehead atoms. The molecule has 2 nitrogen and oxygen atoms in total. The van der Waals surface area contributed by atoms with Crippen LogP contribution >= 0.6 is 0 Å². The molecule has 0 aromatic rings. The van der Waals surface area contributed by atoms with E-state index in [1.54, 1.807) is 0 Å². The van der Waals surface area contributed by atoms with E-state index in [1.807, 2.05) is 6.92 Å². The Hall–Kier alpha value is -1.02. The Bertz CT molecular complexity index is 184. The summed E-state index contributed by atoms with van der Waals surface area (Å²) in [4.78, 5) is 0. The number of nitriles is 2. The zero-order chi connectivity index (χ0) is 6.85. The third-order valence-corrected chi connectivity index (χ3v) is 1.99. The minimum Gasteiger partial charge on any atom is -0.198 e. The molecule has 0 saturated heterocycles. The van der Waals surface area contributed by atoms with Crippen molar-refractivity contribution >= 4 is 0 Å². The second-order valence-electron chi connectivity index (χ2n) is 2.60. The van der Waals surface area contributed by atoms with Gasteiger partial charge < -0.3 is 0 Å². The summed E-state index contributed by atoms with van der Waals surface area (Å²) in [6.45, 7) is 2.02. The zero-order valence-corrected chi connectivity index (χ0v) is 5.33. The van der Waals surface area contributed by atoms with E-state index in [4.69, 9.17) is 10.5 Å². The Morgan fingerprint density at radius 2 is 2.00 bits per heavy atom. The second kappa shape index (κ2) is 2.07. The molecule has 9 heavy (non-hydrogen) atoms. The molecule has 46 valence electrons. The fourth-order valence-corrected chi connectivity index (χ4v) is 1.24. The predicted molar refractivity (Wildman–Crippen MR) is 32.0 cm³/mol. The van der Waals surface area contributed by atoms with Crippen molar-refractivity contribution in [3.8, 4) is 12.1 Å². The van der Waals surface area contributed by atoms with Gasteiger partial charge in [0, 0.05) is 0 Å². The topological polar surface area (TPSA) is 47.6 Å². The van der Waals surface area contributed by atoms with Crippen LogP contribution in [0.5, 0.6) is 0 Å². The van der Waals surface area contributed by atoms with Gasteiger partial charge in [-0.25, -0.2) is 0 Å². The van der Waals surface area contributed by atoms with Crippen LogP contribution < -0.4 is 0 Å². The summed E-state index contributed by atoms with van der Waals surface area (Å²) in [5.74, 6) is 0.472. The lowest BCUT2D eigenvalue weighted by Gasteiger charge is -2.33. The summed E-state index contributed by atoms with van der Waals surface area (Å²) in [7, 11) is 0. The van der Waals surface area contributed by atoms with Crippen LogP contribution in [0, 0.1) is 40.4 Å². The summed E-state index contributed by atoms with van der Waals surface area (Å²) in [5.41, 5.74) is 0. The molecule has 1 aliphatic carbocycles. The maximum Gasteiger partial charge on any atom is 0.0672 e. The van der Waals surface area contributed by atoms with Gasteiger partial charge in [0.15, 0.2) is 0 Å². The van der Waals surface area contributed by atoms with Gasteiger partial charge in [0.05, 0.1) is 24.0 Å². The molecule has 0 spiro atoms. The fourth-order valence-electron chi connectivity index (χ4n) is 1.24. The molecule has 1 fully saturated rings. The van der Waals surface area contributed by atoms with E-state index in [2.05, 4.69) is 12.1 Å². The largest absolute Gasteiger partial charge is 0.198 e. The minimum absolute atomic E-state index is 0.00926. The molecule has 0 amide bonds. The predicted octanol–water partition coefficient (Wildman–Crippen LogP) is 1.31. The van der Waals surface area contributed by atoms with E-state index in [1.165, 1.54) is 0 Å². The van der Waals surface area contributed by atoms with Gasteiger partial charge in [-0.3, -0.25) is 0 Å². The standard InChI is InChI=1S/C7H8N2/c1-5-2-6(3-8)7(5)4-9/h5-7H,2H2,1H3/t5?,6-,7-/m0/s1. The number of hydrogen-bond acceptors (Lipinski definition) is 2. The monoisotopic (exact) mass is 120 g/mol. The molecule has 0 aromatic heterocycles. The maximum absolute atomic E-state index is 8.46. The normalized spacial score (nSPS) is 40.1. The van der Waals surface area contributed by atoms with Crippen molar-refractivity contribution in [1.82, 2.24) is 0 Å². The average Bonchev–Trinajstić information content (AvgIpc) is 1.83. The number of rotatable bonds is 0. The van der Waals surface area contributed by atoms with Crippen LogP contribution in [0.25, 0.3) is 0 Å². The van der Waals surface area contributed by atoms with E-state index >= 15 is 0 Å². The van der Waals surface area contributed by atoms with Crippen molar-refractivity contribution in [2.75, 3.05) is 0 Å². The Morgan fingerprint density at radius 3 is 2.22 bits per heavy atom. The van der Waals surface area contributed by atoms with Gasteiger partial charge in [-0.1, -0.05) is 6.92 Å². The average molecular weight is 120 g/mol. The quantitative estimate of drug-likeness (QED) is 0.483. The summed E-state index contributed by atoms with van der Waals surface area (Å²) < 4.78 is 0. The van der Waals surface area contributed by atoms with Crippen LogP contribution in [0.3, 0.4) is 0 Å². The summed E-state index contributed by atoms with van der Waals surface area (Å²) in [5, 5.41) is 16.9. The SMILES string of the molecule is CC1C[C@@H](C#N)[C@H]1C#N. The molecule has 0 N–H and O–H groups in total. The zero-order valence-electron chi connectivity index (χ0n) is 5.33. The smallest absolute Gasteiger partial charge is 0.0672 e. The summed E-state index contributed by atoms with van der Waals surface area (Å²) >= 11 is 0. The number of hydrogen-bond donors (Lipinski definition) is 0. The molecule has 0 radical (unpaired) electrons. The highest BCUT2D eigenvalue weighted by atomic mass is 14.4. The summed E-state index contributed by atoms with van der Waals surface area (Å²) in [6.07, 6.45) is 0.911. The van der Waals surface area contributed by atoms with Crippen LogP contribution in [0.2, 0.25) is 0 Å². The molecule has 1 aliphatic rings. The van der Waals surface area contributed by atoms with Crippen molar-refractivity contribution in [2.24, 2.45) is 17.8 Å². The van der Waals surface area contributed by atoms with Crippen molar-refractivity contribution in [2.45, 2.75) is 13.3 Å². The molecule has 1 saturated carbocycles. The van der Waals surface area contributed by atoms with Crippen molar-refractivity contribution in [1.29, 1.82) is 10.5 Å². The van der Waals surface area contributed by atoms with E-state index in [9.17, 15) is 0 Å². The fraction of sp³-hybridized carbons (Fsp3) is 0.714. The molecule has 1 unspecified atom stereocenters. The van der Waals surface area contributed by atoms with Crippen LogP contribution in [-0.4, -0.2) is 0 Å². The van der Waals surface area contributed by atoms with Gasteiger partial charge in [-0.15, -0.1) is 0 Å². The van der Waals surface area contributed by atoms with E-state index in [0.717, 1.165) is 6.42 Å². The van der Waals surface area contributed by atoms with Crippen molar-refractivity contribution < 1.29 is 0 Å². The Labute approximate surface area is 54.7 Å². The lowest BCUT2D eigenvalue weighted by atomic mass is 9.67. The maximum atomic E-state index is 8.46. The van der Waals surface area contributed by atoms with Crippen LogP contribution in [-0.2, 0) is 0 Å². The third kappa shape index (κ3) is 0.771. The highest BCUT2D eigenvalue weighted by Crippen LogP contribution is 2.38. The molecule has 0 aliphatic heterocycles. The van der Waals surface area contributed by atoms with Crippen LogP contribution in [0.15, 0.2) is 0 Å². The molecular weight excluding hydrogens is 112 g/mol. The second-order valence-corrected chi connectivity index (χ2v) is 2.60. The van der Waals surface area contributed by atoms with Gasteiger partial charge >= 0.3 is 0 Å². The van der Waals surface area contributed by atoms with Gasteiger partial charge in [0.2, 0.25) is 0 Å². The van der Waals surface area contributed by atoms with Crippen molar-refractivity contribution in [3.05, 3.63) is 0 Å². The first-order valence-corrected chi connectivity index (χ1v) is 3.09. The molecule has 1 rings (SSSR count). The lowest BCUT2D eigenvalue weighted by Crippen LogP contribution is -2.32. The first-order chi connectivity index (χ1) is 4.29. The molecule has 0 heterocycles. The molecule has 3 atom stereocenters. The van der Waals surface area contributed by atoms with Gasteiger partial charge in [0.1, 0.15) is 0 Å². The Balaban J connectivity index is 2.53. The van der Waals surface area contributed by atoms with E-state index < -0.39 is 0 Å². The van der Waals surface area contributed by atoms with Crippen molar-refractivity contribution in [3.63, 3.8) is 0 Å².